The van der Waals surface area contributed by atoms with Crippen molar-refractivity contribution in [2.24, 2.45) is 0 Å². The monoisotopic (exact) mass is 252 g/mol. The molecule has 0 saturated heterocycles. The molecule has 0 N–H and O–H groups in total. The van der Waals surface area contributed by atoms with Gasteiger partial charge in [0.15, 0.2) is 0 Å². The first-order valence-corrected chi connectivity index (χ1v) is 1.73. The molecule has 0 fully saturated rings. The third-order valence-electron chi connectivity index (χ3n) is 0.355. The third-order valence-corrected chi connectivity index (χ3v) is 0.355. The zero-order chi connectivity index (χ0) is 6.57. The minimum atomic E-state index is -1.55. The van der Waals surface area contributed by atoms with E-state index in [0.717, 1.165) is 0 Å². The zero-order valence-corrected chi connectivity index (χ0v) is 8.94. The minimum Gasteiger partial charge on any atom is -0.545 e. The molecule has 0 radical (unpaired) electrons. The van der Waals surface area contributed by atoms with E-state index in [4.69, 9.17) is 0 Å². The summed E-state index contributed by atoms with van der Waals surface area (Å²) < 4.78 is 0. The van der Waals surface area contributed by atoms with Crippen LogP contribution in [0.4, 0.5) is 0 Å². The van der Waals surface area contributed by atoms with Crippen LogP contribution < -0.4 is 10.2 Å². The van der Waals surface area contributed by atoms with E-state index in [0.29, 0.717) is 12.2 Å². The zero-order valence-electron chi connectivity index (χ0n) is 4.49. The van der Waals surface area contributed by atoms with E-state index in [9.17, 15) is 19.8 Å². The van der Waals surface area contributed by atoms with Gasteiger partial charge in [0, 0.05) is 0 Å². The first-order chi connectivity index (χ1) is 3.63. The molecule has 0 atom stereocenters. The second kappa shape index (κ2) is 6.37. The van der Waals surface area contributed by atoms with Crippen molar-refractivity contribution >= 4 is 60.8 Å². The predicted molar refractivity (Wildman–Crippen MR) is 24.9 cm³/mol. The molecule has 0 aromatic heterocycles. The number of rotatable bonds is 2. The van der Waals surface area contributed by atoms with E-state index >= 15 is 0 Å². The van der Waals surface area contributed by atoms with Gasteiger partial charge >= 0.3 is 48.9 Å². The number of hydrogen-bond donors (Lipinski definition) is 0. The van der Waals surface area contributed by atoms with Crippen LogP contribution in [0, 0.1) is 0 Å². The van der Waals surface area contributed by atoms with Crippen LogP contribution in [0.25, 0.3) is 0 Å². The molecule has 44 valence electrons. The molecule has 0 aromatic carbocycles. The summed E-state index contributed by atoms with van der Waals surface area (Å²) in [6.45, 7) is 0. The Morgan fingerprint density at radius 3 is 1.33 bits per heavy atom. The van der Waals surface area contributed by atoms with Gasteiger partial charge in [-0.15, -0.1) is 0 Å². The van der Waals surface area contributed by atoms with Crippen LogP contribution in [0.3, 0.4) is 0 Å². The number of hydrogen-bond acceptors (Lipinski definition) is 4. The molecular formula is C4H2BaO4. The van der Waals surface area contributed by atoms with Crippen molar-refractivity contribution in [2.75, 3.05) is 0 Å². The Balaban J connectivity index is 0. The molecule has 0 rings (SSSR count). The van der Waals surface area contributed by atoms with Crippen LogP contribution >= 0.6 is 0 Å². The second-order valence-corrected chi connectivity index (χ2v) is 0.971. The van der Waals surface area contributed by atoms with Crippen molar-refractivity contribution in [1.29, 1.82) is 0 Å². The number of carboxylic acid groups (broad SMARTS) is 2. The summed E-state index contributed by atoms with van der Waals surface area (Å²) in [7, 11) is 0. The summed E-state index contributed by atoms with van der Waals surface area (Å²) in [4.78, 5) is 18.8. The maximum absolute atomic E-state index is 9.41. The number of carboxylic acids is 2. The maximum atomic E-state index is 9.41. The molecule has 0 aliphatic carbocycles. The van der Waals surface area contributed by atoms with Crippen molar-refractivity contribution in [3.05, 3.63) is 12.2 Å². The topological polar surface area (TPSA) is 80.3 Å². The van der Waals surface area contributed by atoms with Crippen LogP contribution in [0.15, 0.2) is 12.2 Å². The molecule has 0 aliphatic rings. The molecule has 0 spiro atoms. The molecule has 0 heterocycles. The van der Waals surface area contributed by atoms with Gasteiger partial charge in [0.25, 0.3) is 0 Å². The van der Waals surface area contributed by atoms with Gasteiger partial charge in [0.1, 0.15) is 0 Å². The predicted octanol–water partition coefficient (Wildman–Crippen LogP) is -3.34. The van der Waals surface area contributed by atoms with E-state index in [2.05, 4.69) is 0 Å². The van der Waals surface area contributed by atoms with Crippen LogP contribution in [0.2, 0.25) is 0 Å². The molecule has 0 aromatic rings. The Labute approximate surface area is 91.6 Å². The van der Waals surface area contributed by atoms with Crippen molar-refractivity contribution in [1.82, 2.24) is 0 Å². The fourth-order valence-corrected chi connectivity index (χ4v) is 0.136. The van der Waals surface area contributed by atoms with Gasteiger partial charge < -0.3 is 19.8 Å². The number of carbonyl (C=O) groups is 2. The average molecular weight is 251 g/mol. The first kappa shape index (κ1) is 12.0. The molecule has 4 nitrogen and oxygen atoms in total. The van der Waals surface area contributed by atoms with Crippen LogP contribution in [-0.2, 0) is 9.59 Å². The number of aliphatic carboxylic acids is 2. The molecule has 0 saturated carbocycles. The summed E-state index contributed by atoms with van der Waals surface area (Å²) in [5.41, 5.74) is 0. The van der Waals surface area contributed by atoms with E-state index in [1.807, 2.05) is 0 Å². The van der Waals surface area contributed by atoms with Crippen molar-refractivity contribution in [3.8, 4) is 0 Å². The van der Waals surface area contributed by atoms with Gasteiger partial charge in [-0.2, -0.15) is 0 Å². The molecule has 0 bridgehead atoms. The van der Waals surface area contributed by atoms with Crippen LogP contribution in [-0.4, -0.2) is 60.8 Å². The van der Waals surface area contributed by atoms with Gasteiger partial charge in [-0.1, -0.05) is 0 Å². The van der Waals surface area contributed by atoms with E-state index in [1.165, 1.54) is 0 Å². The van der Waals surface area contributed by atoms with Crippen molar-refractivity contribution in [3.63, 3.8) is 0 Å². The quantitative estimate of drug-likeness (QED) is 0.380. The van der Waals surface area contributed by atoms with E-state index < -0.39 is 11.9 Å². The largest absolute Gasteiger partial charge is 2.00 e. The van der Waals surface area contributed by atoms with Crippen LogP contribution in [0.1, 0.15) is 0 Å². The fraction of sp³-hybridized carbons (Fsp3) is 0. The van der Waals surface area contributed by atoms with Gasteiger partial charge in [0.2, 0.25) is 0 Å². The van der Waals surface area contributed by atoms with Crippen LogP contribution in [0.5, 0.6) is 0 Å². The SMILES string of the molecule is O=C([O-])/C=C\C(=O)[O-].[Ba+2]. The second-order valence-electron chi connectivity index (χ2n) is 0.971. The molecule has 0 unspecified atom stereocenters. The Bertz CT molecular complexity index is 124. The smallest absolute Gasteiger partial charge is 0.545 e. The fourth-order valence-electron chi connectivity index (χ4n) is 0.136. The summed E-state index contributed by atoms with van der Waals surface area (Å²) >= 11 is 0. The average Bonchev–Trinajstić information content (AvgIpc) is 1.61. The number of carbonyl (C=O) groups excluding carboxylic acids is 2. The Hall–Kier alpha value is 0.251. The van der Waals surface area contributed by atoms with E-state index in [-0.39, 0.29) is 48.9 Å². The molecular weight excluding hydrogens is 249 g/mol. The molecule has 0 aliphatic heterocycles. The Morgan fingerprint density at radius 1 is 1.00 bits per heavy atom. The minimum absolute atomic E-state index is 0. The van der Waals surface area contributed by atoms with Crippen molar-refractivity contribution in [2.45, 2.75) is 0 Å². The molecule has 0 amide bonds. The Morgan fingerprint density at radius 2 is 1.22 bits per heavy atom. The third kappa shape index (κ3) is 11.7. The summed E-state index contributed by atoms with van der Waals surface area (Å²) in [5, 5.41) is 18.8. The van der Waals surface area contributed by atoms with Gasteiger partial charge in [-0.05, 0) is 12.2 Å². The van der Waals surface area contributed by atoms with E-state index in [1.54, 1.807) is 0 Å². The first-order valence-electron chi connectivity index (χ1n) is 1.73. The standard InChI is InChI=1S/C4H4O4.Ba/c5-3(6)1-2-4(7)8;/h1-2H,(H,5,6)(H,7,8);/q;+2/p-2/b2-1-;. The normalized spacial score (nSPS) is 8.44. The summed E-state index contributed by atoms with van der Waals surface area (Å²) in [6, 6.07) is 0. The van der Waals surface area contributed by atoms with Gasteiger partial charge in [-0.3, -0.25) is 0 Å². The molecule has 9 heavy (non-hydrogen) atoms. The molecule has 5 heteroatoms. The van der Waals surface area contributed by atoms with Crippen molar-refractivity contribution < 1.29 is 19.8 Å². The van der Waals surface area contributed by atoms with Gasteiger partial charge in [-0.25, -0.2) is 0 Å². The summed E-state index contributed by atoms with van der Waals surface area (Å²) in [6.07, 6.45) is 0.769. The summed E-state index contributed by atoms with van der Waals surface area (Å²) in [5.74, 6) is -3.09. The Kier molecular flexibility index (Phi) is 8.48. The maximum Gasteiger partial charge on any atom is 2.00 e. The van der Waals surface area contributed by atoms with Gasteiger partial charge in [0.05, 0.1) is 11.9 Å².